The van der Waals surface area contributed by atoms with E-state index in [1.807, 2.05) is 0 Å². The van der Waals surface area contributed by atoms with Crippen LogP contribution in [0.3, 0.4) is 0 Å². The first-order valence-corrected chi connectivity index (χ1v) is 9.15. The van der Waals surface area contributed by atoms with Crippen LogP contribution in [0, 0.1) is 0 Å². The summed E-state index contributed by atoms with van der Waals surface area (Å²) in [6.45, 7) is 0.921. The summed E-state index contributed by atoms with van der Waals surface area (Å²) in [5.74, 6) is 0.782. The van der Waals surface area contributed by atoms with E-state index >= 15 is 0 Å². The number of hydrogen-bond acceptors (Lipinski definition) is 8. The van der Waals surface area contributed by atoms with Gasteiger partial charge in [-0.15, -0.1) is 0 Å². The molecule has 0 aliphatic carbocycles. The number of nitrogens with two attached hydrogens (primary N) is 2. The number of nitrogens with zero attached hydrogens (tertiary/aromatic N) is 2. The largest absolute Gasteiger partial charge is 0.369 e. The van der Waals surface area contributed by atoms with Crippen LogP contribution in [-0.2, 0) is 10.0 Å². The Labute approximate surface area is 148 Å². The lowest BCUT2D eigenvalue weighted by molar-refractivity contribution is 0.598. The molecule has 10 nitrogen and oxygen atoms in total. The van der Waals surface area contributed by atoms with Gasteiger partial charge in [-0.25, -0.2) is 23.5 Å². The van der Waals surface area contributed by atoms with E-state index in [0.29, 0.717) is 30.1 Å². The molecule has 0 aliphatic rings. The van der Waals surface area contributed by atoms with Crippen molar-refractivity contribution in [2.45, 2.75) is 4.90 Å². The standard InChI is InChI=1S/C15H17N7O3S/c16-5-6-18-12-7-11-13(15(23)20-8-19-11)14(22-12)21-9-1-3-10(4-2-9)26(17,24)25/h1-4,7-8H,5-6,16H2,(H2,17,24,25)(H2,18,21,22)(H,19,20,23). The maximum Gasteiger partial charge on any atom is 0.262 e. The fraction of sp³-hybridized carbons (Fsp3) is 0.133. The van der Waals surface area contributed by atoms with Crippen LogP contribution in [0.5, 0.6) is 0 Å². The molecule has 0 aliphatic heterocycles. The van der Waals surface area contributed by atoms with E-state index in [1.54, 1.807) is 6.07 Å². The number of aromatic nitrogens is 3. The van der Waals surface area contributed by atoms with E-state index in [1.165, 1.54) is 30.6 Å². The molecule has 26 heavy (non-hydrogen) atoms. The van der Waals surface area contributed by atoms with Gasteiger partial charge in [-0.3, -0.25) is 4.79 Å². The van der Waals surface area contributed by atoms with Gasteiger partial charge in [-0.05, 0) is 24.3 Å². The number of primary sulfonamides is 1. The van der Waals surface area contributed by atoms with Crippen LogP contribution in [0.1, 0.15) is 0 Å². The third kappa shape index (κ3) is 3.79. The number of pyridine rings is 1. The zero-order chi connectivity index (χ0) is 18.7. The quantitative estimate of drug-likeness (QED) is 0.403. The van der Waals surface area contributed by atoms with E-state index in [-0.39, 0.29) is 21.7 Å². The van der Waals surface area contributed by atoms with E-state index in [9.17, 15) is 13.2 Å². The minimum Gasteiger partial charge on any atom is -0.369 e. The number of H-pyrrole nitrogens is 1. The molecule has 0 saturated carbocycles. The van der Waals surface area contributed by atoms with Crippen molar-refractivity contribution in [1.29, 1.82) is 0 Å². The van der Waals surface area contributed by atoms with Crippen LogP contribution in [0.15, 0.2) is 46.3 Å². The number of benzene rings is 1. The second kappa shape index (κ2) is 7.07. The molecule has 1 aromatic carbocycles. The first kappa shape index (κ1) is 17.8. The van der Waals surface area contributed by atoms with E-state index in [2.05, 4.69) is 25.6 Å². The molecule has 7 N–H and O–H groups in total. The smallest absolute Gasteiger partial charge is 0.262 e. The summed E-state index contributed by atoms with van der Waals surface area (Å²) in [5, 5.41) is 11.4. The zero-order valence-electron chi connectivity index (χ0n) is 13.6. The molecule has 0 amide bonds. The fourth-order valence-electron chi connectivity index (χ4n) is 2.34. The third-order valence-corrected chi connectivity index (χ3v) is 4.45. The number of anilines is 3. The van der Waals surface area contributed by atoms with Gasteiger partial charge in [0, 0.05) is 24.8 Å². The van der Waals surface area contributed by atoms with Crippen LogP contribution in [-0.4, -0.2) is 36.5 Å². The van der Waals surface area contributed by atoms with Crippen LogP contribution in [0.2, 0.25) is 0 Å². The van der Waals surface area contributed by atoms with Crippen LogP contribution >= 0.6 is 0 Å². The van der Waals surface area contributed by atoms with Gasteiger partial charge in [0.1, 0.15) is 17.0 Å². The Kier molecular flexibility index (Phi) is 4.84. The Balaban J connectivity index is 2.04. The second-order valence-corrected chi connectivity index (χ2v) is 6.95. The highest BCUT2D eigenvalue weighted by Crippen LogP contribution is 2.24. The lowest BCUT2D eigenvalue weighted by Crippen LogP contribution is -2.16. The number of rotatable bonds is 6. The molecule has 0 fully saturated rings. The predicted molar refractivity (Wildman–Crippen MR) is 98.8 cm³/mol. The Hall–Kier alpha value is -3.02. The molecule has 2 aromatic heterocycles. The Morgan fingerprint density at radius 1 is 1.19 bits per heavy atom. The van der Waals surface area contributed by atoms with Crippen LogP contribution < -0.4 is 27.1 Å². The van der Waals surface area contributed by atoms with Gasteiger partial charge in [0.15, 0.2) is 0 Å². The Morgan fingerprint density at radius 3 is 2.58 bits per heavy atom. The van der Waals surface area contributed by atoms with Crippen LogP contribution in [0.25, 0.3) is 10.9 Å². The Bertz CT molecular complexity index is 1090. The molecule has 3 aromatic rings. The highest BCUT2D eigenvalue weighted by atomic mass is 32.2. The van der Waals surface area contributed by atoms with E-state index < -0.39 is 10.0 Å². The molecule has 3 rings (SSSR count). The van der Waals surface area contributed by atoms with Crippen molar-refractivity contribution in [3.8, 4) is 0 Å². The third-order valence-electron chi connectivity index (χ3n) is 3.52. The van der Waals surface area contributed by atoms with Crippen molar-refractivity contribution in [3.63, 3.8) is 0 Å². The number of fused-ring (bicyclic) bond motifs is 1. The topological polar surface area (TPSA) is 169 Å². The lowest BCUT2D eigenvalue weighted by atomic mass is 10.2. The summed E-state index contributed by atoms with van der Waals surface area (Å²) in [6.07, 6.45) is 1.31. The first-order chi connectivity index (χ1) is 12.4. The molecular weight excluding hydrogens is 358 g/mol. The molecule has 0 saturated heterocycles. The van der Waals surface area contributed by atoms with Gasteiger partial charge < -0.3 is 21.4 Å². The first-order valence-electron chi connectivity index (χ1n) is 7.61. The number of hydrogen-bond donors (Lipinski definition) is 5. The zero-order valence-corrected chi connectivity index (χ0v) is 14.4. The van der Waals surface area contributed by atoms with Crippen molar-refractivity contribution in [3.05, 3.63) is 47.0 Å². The number of aromatic amines is 1. The molecule has 0 unspecified atom stereocenters. The van der Waals surface area contributed by atoms with Crippen molar-refractivity contribution in [1.82, 2.24) is 15.0 Å². The molecule has 0 atom stereocenters. The second-order valence-electron chi connectivity index (χ2n) is 5.39. The monoisotopic (exact) mass is 375 g/mol. The maximum absolute atomic E-state index is 12.2. The van der Waals surface area contributed by atoms with Crippen molar-refractivity contribution >= 4 is 38.2 Å². The van der Waals surface area contributed by atoms with Crippen molar-refractivity contribution in [2.75, 3.05) is 23.7 Å². The van der Waals surface area contributed by atoms with Gasteiger partial charge in [0.2, 0.25) is 10.0 Å². The predicted octanol–water partition coefficient (Wildman–Crippen LogP) is 0.0797. The average molecular weight is 375 g/mol. The minimum atomic E-state index is -3.78. The summed E-state index contributed by atoms with van der Waals surface area (Å²) >= 11 is 0. The highest BCUT2D eigenvalue weighted by molar-refractivity contribution is 7.89. The van der Waals surface area contributed by atoms with Gasteiger partial charge >= 0.3 is 0 Å². The summed E-state index contributed by atoms with van der Waals surface area (Å²) in [6, 6.07) is 7.42. The minimum absolute atomic E-state index is 0.0151. The normalized spacial score (nSPS) is 11.5. The van der Waals surface area contributed by atoms with E-state index in [0.717, 1.165) is 0 Å². The molecule has 11 heteroatoms. The maximum atomic E-state index is 12.2. The summed E-state index contributed by atoms with van der Waals surface area (Å²) in [4.78, 5) is 23.2. The van der Waals surface area contributed by atoms with Gasteiger partial charge in [0.25, 0.3) is 5.56 Å². The molecule has 0 spiro atoms. The van der Waals surface area contributed by atoms with Crippen molar-refractivity contribution < 1.29 is 8.42 Å². The van der Waals surface area contributed by atoms with Crippen LogP contribution in [0.4, 0.5) is 17.3 Å². The fourth-order valence-corrected chi connectivity index (χ4v) is 2.85. The number of nitrogens with one attached hydrogen (secondary N) is 3. The summed E-state index contributed by atoms with van der Waals surface area (Å²) < 4.78 is 22.7. The SMILES string of the molecule is NCCNc1cc2nc[nH]c(=O)c2c(Nc2ccc(S(N)(=O)=O)cc2)n1. The van der Waals surface area contributed by atoms with Gasteiger partial charge in [-0.1, -0.05) is 0 Å². The Morgan fingerprint density at radius 2 is 1.92 bits per heavy atom. The summed E-state index contributed by atoms with van der Waals surface area (Å²) in [7, 11) is -3.78. The average Bonchev–Trinajstić information content (AvgIpc) is 2.59. The van der Waals surface area contributed by atoms with Gasteiger partial charge in [-0.2, -0.15) is 0 Å². The molecule has 0 bridgehead atoms. The van der Waals surface area contributed by atoms with Gasteiger partial charge in [0.05, 0.1) is 16.7 Å². The molecular formula is C15H17N7O3S. The molecule has 136 valence electrons. The number of sulfonamides is 1. The summed E-state index contributed by atoms with van der Waals surface area (Å²) in [5.41, 5.74) is 6.12. The highest BCUT2D eigenvalue weighted by Gasteiger charge is 2.12. The molecule has 2 heterocycles. The van der Waals surface area contributed by atoms with E-state index in [4.69, 9.17) is 10.9 Å². The van der Waals surface area contributed by atoms with Crippen molar-refractivity contribution in [2.24, 2.45) is 10.9 Å². The lowest BCUT2D eigenvalue weighted by Gasteiger charge is -2.11. The molecule has 0 radical (unpaired) electrons.